The SMILES string of the molecule is CN(C)C1CCN(C(=O)Cn2cnc3ccc(F)cc3c2=O)CC1. The van der Waals surface area contributed by atoms with Crippen LogP contribution in [0.15, 0.2) is 29.3 Å². The standard InChI is InChI=1S/C17H21FN4O2/c1-20(2)13-5-7-21(8-6-13)16(23)10-22-11-19-15-4-3-12(18)9-14(15)17(22)24/h3-4,9,11,13H,5-8,10H2,1-2H3. The summed E-state index contributed by atoms with van der Waals surface area (Å²) >= 11 is 0. The zero-order valence-corrected chi connectivity index (χ0v) is 13.9. The maximum Gasteiger partial charge on any atom is 0.261 e. The van der Waals surface area contributed by atoms with E-state index in [4.69, 9.17) is 0 Å². The van der Waals surface area contributed by atoms with Gasteiger partial charge in [0.25, 0.3) is 5.56 Å². The van der Waals surface area contributed by atoms with Crippen LogP contribution in [-0.4, -0.2) is 58.5 Å². The van der Waals surface area contributed by atoms with E-state index in [2.05, 4.69) is 9.88 Å². The topological polar surface area (TPSA) is 58.4 Å². The van der Waals surface area contributed by atoms with Gasteiger partial charge in [0.1, 0.15) is 12.4 Å². The zero-order valence-electron chi connectivity index (χ0n) is 13.9. The Bertz CT molecular complexity index is 810. The fraction of sp³-hybridized carbons (Fsp3) is 0.471. The van der Waals surface area contributed by atoms with Gasteiger partial charge in [0.2, 0.25) is 5.91 Å². The van der Waals surface area contributed by atoms with Crippen LogP contribution in [0.2, 0.25) is 0 Å². The minimum atomic E-state index is -0.490. The lowest BCUT2D eigenvalue weighted by Gasteiger charge is -2.35. The van der Waals surface area contributed by atoms with Crippen LogP contribution < -0.4 is 5.56 Å². The van der Waals surface area contributed by atoms with Crippen molar-refractivity contribution in [1.82, 2.24) is 19.4 Å². The van der Waals surface area contributed by atoms with Crippen LogP contribution in [0.1, 0.15) is 12.8 Å². The van der Waals surface area contributed by atoms with Crippen molar-refractivity contribution in [1.29, 1.82) is 0 Å². The Morgan fingerprint density at radius 1 is 1.33 bits per heavy atom. The van der Waals surface area contributed by atoms with Crippen molar-refractivity contribution >= 4 is 16.8 Å². The molecule has 1 aromatic heterocycles. The Hall–Kier alpha value is -2.28. The molecule has 3 rings (SSSR count). The number of benzene rings is 1. The number of hydrogen-bond acceptors (Lipinski definition) is 4. The summed E-state index contributed by atoms with van der Waals surface area (Å²) in [5, 5.41) is 0.191. The normalized spacial score (nSPS) is 16.1. The molecule has 0 bridgehead atoms. The van der Waals surface area contributed by atoms with E-state index in [0.29, 0.717) is 24.6 Å². The van der Waals surface area contributed by atoms with E-state index in [9.17, 15) is 14.0 Å². The monoisotopic (exact) mass is 332 g/mol. The summed E-state index contributed by atoms with van der Waals surface area (Å²) in [6.45, 7) is 1.31. The Balaban J connectivity index is 1.74. The summed E-state index contributed by atoms with van der Waals surface area (Å²) in [5.41, 5.74) is 0.0351. The van der Waals surface area contributed by atoms with Gasteiger partial charge in [-0.3, -0.25) is 14.2 Å². The Kier molecular flexibility index (Phi) is 4.62. The van der Waals surface area contributed by atoms with Crippen LogP contribution in [0.4, 0.5) is 4.39 Å². The lowest BCUT2D eigenvalue weighted by molar-refractivity contribution is -0.133. The lowest BCUT2D eigenvalue weighted by Crippen LogP contribution is -2.46. The van der Waals surface area contributed by atoms with Gasteiger partial charge in [-0.15, -0.1) is 0 Å². The Morgan fingerprint density at radius 3 is 2.71 bits per heavy atom. The summed E-state index contributed by atoms with van der Waals surface area (Å²) in [5.74, 6) is -0.594. The summed E-state index contributed by atoms with van der Waals surface area (Å²) in [4.78, 5) is 33.0. The predicted octanol–water partition coefficient (Wildman–Crippen LogP) is 1.09. The number of hydrogen-bond donors (Lipinski definition) is 0. The van der Waals surface area contributed by atoms with Crippen molar-refractivity contribution < 1.29 is 9.18 Å². The van der Waals surface area contributed by atoms with Crippen LogP contribution in [0.3, 0.4) is 0 Å². The molecule has 0 atom stereocenters. The van der Waals surface area contributed by atoms with Crippen LogP contribution in [0.5, 0.6) is 0 Å². The Morgan fingerprint density at radius 2 is 2.04 bits per heavy atom. The third-order valence-electron chi connectivity index (χ3n) is 4.64. The molecule has 0 saturated carbocycles. The second-order valence-corrected chi connectivity index (χ2v) is 6.41. The highest BCUT2D eigenvalue weighted by Gasteiger charge is 2.24. The van der Waals surface area contributed by atoms with Crippen LogP contribution in [0.25, 0.3) is 10.9 Å². The summed E-state index contributed by atoms with van der Waals surface area (Å²) in [7, 11) is 4.09. The molecule has 0 spiro atoms. The maximum absolute atomic E-state index is 13.3. The Labute approximate surface area is 139 Å². The van der Waals surface area contributed by atoms with E-state index >= 15 is 0 Å². The first-order valence-electron chi connectivity index (χ1n) is 8.04. The highest BCUT2D eigenvalue weighted by Crippen LogP contribution is 2.14. The van der Waals surface area contributed by atoms with Gasteiger partial charge in [0.15, 0.2) is 0 Å². The number of nitrogens with zero attached hydrogens (tertiary/aromatic N) is 4. The van der Waals surface area contributed by atoms with Gasteiger partial charge in [-0.05, 0) is 45.1 Å². The smallest absolute Gasteiger partial charge is 0.261 e. The van der Waals surface area contributed by atoms with E-state index in [1.807, 2.05) is 14.1 Å². The van der Waals surface area contributed by atoms with E-state index in [0.717, 1.165) is 18.9 Å². The van der Waals surface area contributed by atoms with E-state index < -0.39 is 11.4 Å². The van der Waals surface area contributed by atoms with Gasteiger partial charge in [0.05, 0.1) is 17.2 Å². The molecule has 1 aliphatic heterocycles. The number of likely N-dealkylation sites (tertiary alicyclic amines) is 1. The van der Waals surface area contributed by atoms with Crippen molar-refractivity contribution in [2.45, 2.75) is 25.4 Å². The molecule has 2 heterocycles. The van der Waals surface area contributed by atoms with Crippen molar-refractivity contribution in [3.05, 3.63) is 40.7 Å². The van der Waals surface area contributed by atoms with Crippen LogP contribution in [-0.2, 0) is 11.3 Å². The molecule has 24 heavy (non-hydrogen) atoms. The molecule has 1 aliphatic rings. The zero-order chi connectivity index (χ0) is 17.3. The highest BCUT2D eigenvalue weighted by molar-refractivity contribution is 5.79. The fourth-order valence-electron chi connectivity index (χ4n) is 3.12. The number of rotatable bonds is 3. The highest BCUT2D eigenvalue weighted by atomic mass is 19.1. The van der Waals surface area contributed by atoms with Gasteiger partial charge in [-0.1, -0.05) is 0 Å². The van der Waals surface area contributed by atoms with Gasteiger partial charge in [-0.25, -0.2) is 9.37 Å². The molecule has 1 saturated heterocycles. The number of fused-ring (bicyclic) bond motifs is 1. The van der Waals surface area contributed by atoms with Gasteiger partial charge >= 0.3 is 0 Å². The van der Waals surface area contributed by atoms with Gasteiger partial charge in [-0.2, -0.15) is 0 Å². The van der Waals surface area contributed by atoms with Gasteiger partial charge in [0, 0.05) is 19.1 Å². The molecular formula is C17H21FN4O2. The molecule has 1 fully saturated rings. The van der Waals surface area contributed by atoms with Crippen molar-refractivity contribution in [2.75, 3.05) is 27.2 Å². The molecule has 1 amide bonds. The fourth-order valence-corrected chi connectivity index (χ4v) is 3.12. The largest absolute Gasteiger partial charge is 0.341 e. The quantitative estimate of drug-likeness (QED) is 0.844. The van der Waals surface area contributed by atoms with Crippen molar-refractivity contribution in [2.24, 2.45) is 0 Å². The first-order valence-corrected chi connectivity index (χ1v) is 8.04. The minimum Gasteiger partial charge on any atom is -0.341 e. The second kappa shape index (κ2) is 6.68. The number of amides is 1. The molecule has 0 N–H and O–H groups in total. The van der Waals surface area contributed by atoms with Gasteiger partial charge < -0.3 is 9.80 Å². The van der Waals surface area contributed by atoms with Crippen molar-refractivity contribution in [3.63, 3.8) is 0 Å². The van der Waals surface area contributed by atoms with Crippen LogP contribution >= 0.6 is 0 Å². The average Bonchev–Trinajstić information content (AvgIpc) is 2.58. The molecule has 7 heteroatoms. The summed E-state index contributed by atoms with van der Waals surface area (Å²) in [6.07, 6.45) is 3.21. The molecule has 0 aliphatic carbocycles. The van der Waals surface area contributed by atoms with Crippen molar-refractivity contribution in [3.8, 4) is 0 Å². The number of halogens is 1. The molecule has 1 aromatic carbocycles. The number of carbonyl (C=O) groups is 1. The molecule has 0 radical (unpaired) electrons. The second-order valence-electron chi connectivity index (χ2n) is 6.41. The summed E-state index contributed by atoms with van der Waals surface area (Å²) < 4.78 is 14.6. The third kappa shape index (κ3) is 3.31. The molecular weight excluding hydrogens is 311 g/mol. The average molecular weight is 332 g/mol. The molecule has 128 valence electrons. The molecule has 6 nitrogen and oxygen atoms in total. The van der Waals surface area contributed by atoms with E-state index in [1.165, 1.54) is 23.0 Å². The number of piperidine rings is 1. The lowest BCUT2D eigenvalue weighted by atomic mass is 10.0. The van der Waals surface area contributed by atoms with Crippen LogP contribution in [0, 0.1) is 5.82 Å². The minimum absolute atomic E-state index is 0.0646. The number of carbonyl (C=O) groups excluding carboxylic acids is 1. The summed E-state index contributed by atoms with van der Waals surface area (Å²) in [6, 6.07) is 4.37. The first kappa shape index (κ1) is 16.6. The van der Waals surface area contributed by atoms with E-state index in [1.54, 1.807) is 4.90 Å². The maximum atomic E-state index is 13.3. The first-order chi connectivity index (χ1) is 11.5. The predicted molar refractivity (Wildman–Crippen MR) is 89.3 cm³/mol. The molecule has 0 unspecified atom stereocenters. The van der Waals surface area contributed by atoms with E-state index in [-0.39, 0.29) is 17.8 Å². The molecule has 2 aromatic rings. The number of aromatic nitrogens is 2. The third-order valence-corrected chi connectivity index (χ3v) is 4.64.